The van der Waals surface area contributed by atoms with Crippen molar-refractivity contribution in [2.45, 2.75) is 19.0 Å². The molecule has 90 valence electrons. The Morgan fingerprint density at radius 3 is 2.81 bits per heavy atom. The van der Waals surface area contributed by atoms with Crippen LogP contribution < -0.4 is 0 Å². The molecule has 1 aromatic heterocycles. The van der Waals surface area contributed by atoms with E-state index in [0.717, 1.165) is 0 Å². The van der Waals surface area contributed by atoms with Gasteiger partial charge in [-0.1, -0.05) is 0 Å². The molecule has 0 amide bonds. The second-order valence-electron chi connectivity index (χ2n) is 3.06. The first-order chi connectivity index (χ1) is 7.47. The van der Waals surface area contributed by atoms with E-state index in [1.165, 1.54) is 11.3 Å². The number of hydrogen-bond acceptors (Lipinski definition) is 4. The second kappa shape index (κ2) is 5.95. The number of Topliss-reactive ketones (excluding diaryl/α,β-unsaturated/α-hetero) is 1. The third kappa shape index (κ3) is 5.82. The van der Waals surface area contributed by atoms with E-state index in [2.05, 4.69) is 9.72 Å². The fourth-order valence-electron chi connectivity index (χ4n) is 0.971. The molecule has 3 nitrogen and oxygen atoms in total. The zero-order valence-electron chi connectivity index (χ0n) is 8.29. The van der Waals surface area contributed by atoms with Crippen molar-refractivity contribution in [3.8, 4) is 0 Å². The monoisotopic (exact) mass is 253 g/mol. The Bertz CT molecular complexity index is 324. The fraction of sp³-hybridized carbons (Fsp3) is 0.556. The van der Waals surface area contributed by atoms with E-state index in [9.17, 15) is 18.0 Å². The number of thiazole rings is 1. The predicted molar refractivity (Wildman–Crippen MR) is 52.3 cm³/mol. The van der Waals surface area contributed by atoms with Gasteiger partial charge in [-0.05, 0) is 0 Å². The summed E-state index contributed by atoms with van der Waals surface area (Å²) in [6, 6.07) is 0. The standard InChI is InChI=1S/C9H10F3NO2S/c10-9(11,12)6-15-3-1-7(14)5-8-13-2-4-16-8/h2,4H,1,3,5-6H2. The largest absolute Gasteiger partial charge is 0.411 e. The summed E-state index contributed by atoms with van der Waals surface area (Å²) >= 11 is 1.34. The van der Waals surface area contributed by atoms with E-state index in [1.807, 2.05) is 0 Å². The Morgan fingerprint density at radius 1 is 1.50 bits per heavy atom. The third-order valence-electron chi connectivity index (χ3n) is 1.62. The number of aromatic nitrogens is 1. The lowest BCUT2D eigenvalue weighted by Gasteiger charge is -2.06. The van der Waals surface area contributed by atoms with Crippen molar-refractivity contribution in [2.75, 3.05) is 13.2 Å². The molecule has 0 unspecified atom stereocenters. The number of ketones is 1. The lowest BCUT2D eigenvalue weighted by molar-refractivity contribution is -0.174. The Hall–Kier alpha value is -0.950. The summed E-state index contributed by atoms with van der Waals surface area (Å²) in [5.41, 5.74) is 0. The van der Waals surface area contributed by atoms with Gasteiger partial charge < -0.3 is 4.74 Å². The molecule has 0 aromatic carbocycles. The highest BCUT2D eigenvalue weighted by atomic mass is 32.1. The van der Waals surface area contributed by atoms with Crippen molar-refractivity contribution < 1.29 is 22.7 Å². The number of nitrogens with zero attached hydrogens (tertiary/aromatic N) is 1. The van der Waals surface area contributed by atoms with Gasteiger partial charge in [-0.3, -0.25) is 4.79 Å². The predicted octanol–water partition coefficient (Wildman–Crippen LogP) is 2.22. The number of halogens is 3. The summed E-state index contributed by atoms with van der Waals surface area (Å²) in [6.45, 7) is -1.51. The molecule has 0 aliphatic carbocycles. The molecule has 1 heterocycles. The van der Waals surface area contributed by atoms with Crippen LogP contribution in [0.4, 0.5) is 13.2 Å². The Kier molecular flexibility index (Phi) is 4.88. The maximum Gasteiger partial charge on any atom is 0.411 e. The van der Waals surface area contributed by atoms with Crippen molar-refractivity contribution >= 4 is 17.1 Å². The quantitative estimate of drug-likeness (QED) is 0.730. The number of alkyl halides is 3. The summed E-state index contributed by atoms with van der Waals surface area (Å²) in [5, 5.41) is 2.41. The number of ether oxygens (including phenoxy) is 1. The molecule has 0 aliphatic rings. The zero-order chi connectivity index (χ0) is 12.0. The molecule has 1 rings (SSSR count). The molecule has 0 saturated carbocycles. The SMILES string of the molecule is O=C(CCOCC(F)(F)F)Cc1nccs1. The van der Waals surface area contributed by atoms with Crippen molar-refractivity contribution in [2.24, 2.45) is 0 Å². The summed E-state index contributed by atoms with van der Waals surface area (Å²) in [7, 11) is 0. The molecule has 0 fully saturated rings. The number of rotatable bonds is 6. The van der Waals surface area contributed by atoms with Crippen LogP contribution in [0, 0.1) is 0 Å². The van der Waals surface area contributed by atoms with Gasteiger partial charge in [-0.15, -0.1) is 11.3 Å². The molecule has 0 bridgehead atoms. The molecule has 0 saturated heterocycles. The van der Waals surface area contributed by atoms with Crippen molar-refractivity contribution in [1.29, 1.82) is 0 Å². The van der Waals surface area contributed by atoms with Gasteiger partial charge in [-0.2, -0.15) is 13.2 Å². The molecule has 0 aliphatic heterocycles. The minimum Gasteiger partial charge on any atom is -0.372 e. The van der Waals surface area contributed by atoms with E-state index in [1.54, 1.807) is 11.6 Å². The van der Waals surface area contributed by atoms with Crippen LogP contribution in [0.15, 0.2) is 11.6 Å². The minimum atomic E-state index is -4.33. The highest BCUT2D eigenvalue weighted by Gasteiger charge is 2.27. The van der Waals surface area contributed by atoms with E-state index in [-0.39, 0.29) is 25.2 Å². The number of carbonyl (C=O) groups is 1. The normalized spacial score (nSPS) is 11.7. The molecular weight excluding hydrogens is 243 g/mol. The van der Waals surface area contributed by atoms with E-state index >= 15 is 0 Å². The van der Waals surface area contributed by atoms with Gasteiger partial charge >= 0.3 is 6.18 Å². The number of carbonyl (C=O) groups excluding carboxylic acids is 1. The molecule has 7 heteroatoms. The van der Waals surface area contributed by atoms with Crippen molar-refractivity contribution in [3.63, 3.8) is 0 Å². The topological polar surface area (TPSA) is 39.2 Å². The first-order valence-corrected chi connectivity index (χ1v) is 5.40. The summed E-state index contributed by atoms with van der Waals surface area (Å²) in [4.78, 5) is 15.1. The molecule has 1 aromatic rings. The third-order valence-corrected chi connectivity index (χ3v) is 2.40. The first kappa shape index (κ1) is 13.1. The Balaban J connectivity index is 2.12. The zero-order valence-corrected chi connectivity index (χ0v) is 9.11. The van der Waals surface area contributed by atoms with Gasteiger partial charge in [0.05, 0.1) is 18.0 Å². The molecule has 0 N–H and O–H groups in total. The highest BCUT2D eigenvalue weighted by molar-refractivity contribution is 7.09. The van der Waals surface area contributed by atoms with Gasteiger partial charge in [0.25, 0.3) is 0 Å². The van der Waals surface area contributed by atoms with E-state index < -0.39 is 12.8 Å². The Labute approximate surface area is 94.3 Å². The van der Waals surface area contributed by atoms with Gasteiger partial charge in [0.1, 0.15) is 12.4 Å². The second-order valence-corrected chi connectivity index (χ2v) is 4.04. The molecule has 16 heavy (non-hydrogen) atoms. The van der Waals surface area contributed by atoms with Gasteiger partial charge in [0.2, 0.25) is 0 Å². The maximum absolute atomic E-state index is 11.7. The van der Waals surface area contributed by atoms with E-state index in [4.69, 9.17) is 0 Å². The highest BCUT2D eigenvalue weighted by Crippen LogP contribution is 2.14. The van der Waals surface area contributed by atoms with Crippen LogP contribution in [0.5, 0.6) is 0 Å². The van der Waals surface area contributed by atoms with Crippen LogP contribution in [-0.2, 0) is 16.0 Å². The van der Waals surface area contributed by atoms with Crippen molar-refractivity contribution in [3.05, 3.63) is 16.6 Å². The average molecular weight is 253 g/mol. The first-order valence-electron chi connectivity index (χ1n) is 4.52. The Morgan fingerprint density at radius 2 is 2.25 bits per heavy atom. The smallest absolute Gasteiger partial charge is 0.372 e. The van der Waals surface area contributed by atoms with Gasteiger partial charge in [-0.25, -0.2) is 4.98 Å². The molecule has 0 radical (unpaired) electrons. The maximum atomic E-state index is 11.7. The summed E-state index contributed by atoms with van der Waals surface area (Å²) < 4.78 is 39.3. The van der Waals surface area contributed by atoms with Crippen LogP contribution in [0.3, 0.4) is 0 Å². The molecule has 0 spiro atoms. The lowest BCUT2D eigenvalue weighted by atomic mass is 10.2. The van der Waals surface area contributed by atoms with Crippen LogP contribution in [-0.4, -0.2) is 30.2 Å². The minimum absolute atomic E-state index is 0.0182. The van der Waals surface area contributed by atoms with Crippen LogP contribution in [0.1, 0.15) is 11.4 Å². The van der Waals surface area contributed by atoms with Gasteiger partial charge in [0, 0.05) is 18.0 Å². The van der Waals surface area contributed by atoms with Crippen LogP contribution in [0.2, 0.25) is 0 Å². The van der Waals surface area contributed by atoms with Crippen LogP contribution in [0.25, 0.3) is 0 Å². The summed E-state index contributed by atoms with van der Waals surface area (Å²) in [5.74, 6) is -0.169. The fourth-order valence-corrected chi connectivity index (χ4v) is 1.62. The van der Waals surface area contributed by atoms with Gasteiger partial charge in [0.15, 0.2) is 0 Å². The average Bonchev–Trinajstić information content (AvgIpc) is 2.63. The number of hydrogen-bond donors (Lipinski definition) is 0. The molecular formula is C9H10F3NO2S. The van der Waals surface area contributed by atoms with E-state index in [0.29, 0.717) is 5.01 Å². The van der Waals surface area contributed by atoms with Crippen LogP contribution >= 0.6 is 11.3 Å². The van der Waals surface area contributed by atoms with Crippen molar-refractivity contribution in [1.82, 2.24) is 4.98 Å². The molecule has 0 atom stereocenters. The lowest BCUT2D eigenvalue weighted by Crippen LogP contribution is -2.18. The summed E-state index contributed by atoms with van der Waals surface area (Å²) in [6.07, 6.45) is -2.62.